The summed E-state index contributed by atoms with van der Waals surface area (Å²) in [5.41, 5.74) is 0.771. The Morgan fingerprint density at radius 2 is 2.24 bits per heavy atom. The maximum Gasteiger partial charge on any atom is 0.335 e. The molecule has 21 heavy (non-hydrogen) atoms. The van der Waals surface area contributed by atoms with Crippen molar-refractivity contribution in [1.29, 1.82) is 0 Å². The van der Waals surface area contributed by atoms with E-state index in [1.807, 2.05) is 24.3 Å². The molecule has 1 saturated heterocycles. The van der Waals surface area contributed by atoms with Gasteiger partial charge in [-0.05, 0) is 31.4 Å². The Morgan fingerprint density at radius 1 is 1.43 bits per heavy atom. The average Bonchev–Trinajstić information content (AvgIpc) is 2.50. The first-order valence-corrected chi connectivity index (χ1v) is 7.41. The lowest BCUT2D eigenvalue weighted by atomic mass is 10.1. The Hall–Kier alpha value is -1.59. The van der Waals surface area contributed by atoms with E-state index in [0.29, 0.717) is 12.4 Å². The van der Waals surface area contributed by atoms with E-state index in [2.05, 4.69) is 0 Å². The van der Waals surface area contributed by atoms with Crippen molar-refractivity contribution >= 4 is 5.97 Å². The van der Waals surface area contributed by atoms with Crippen LogP contribution in [-0.4, -0.2) is 36.7 Å². The van der Waals surface area contributed by atoms with Gasteiger partial charge in [0.15, 0.2) is 12.4 Å². The molecule has 1 aliphatic heterocycles. The Bertz CT molecular complexity index is 454. The first-order chi connectivity index (χ1) is 10.2. The van der Waals surface area contributed by atoms with E-state index < -0.39 is 12.1 Å². The van der Waals surface area contributed by atoms with Crippen molar-refractivity contribution in [3.63, 3.8) is 0 Å². The first-order valence-electron chi connectivity index (χ1n) is 7.41. The quantitative estimate of drug-likeness (QED) is 0.814. The monoisotopic (exact) mass is 294 g/mol. The van der Waals surface area contributed by atoms with Crippen LogP contribution in [0.2, 0.25) is 0 Å². The van der Waals surface area contributed by atoms with Crippen molar-refractivity contribution in [2.75, 3.05) is 13.2 Å². The van der Waals surface area contributed by atoms with Gasteiger partial charge in [0.1, 0.15) is 5.75 Å². The highest BCUT2D eigenvalue weighted by Crippen LogP contribution is 2.24. The minimum atomic E-state index is -1.18. The number of hydrogen-bond donors (Lipinski definition) is 1. The molecule has 1 aromatic rings. The van der Waals surface area contributed by atoms with Gasteiger partial charge in [0.25, 0.3) is 0 Å². The van der Waals surface area contributed by atoms with Crippen molar-refractivity contribution in [2.24, 2.45) is 0 Å². The largest absolute Gasteiger partial charge is 0.465 e. The Kier molecular flexibility index (Phi) is 6.02. The summed E-state index contributed by atoms with van der Waals surface area (Å²) in [4.78, 5) is 11.5. The van der Waals surface area contributed by atoms with Crippen LogP contribution < -0.4 is 4.74 Å². The van der Waals surface area contributed by atoms with Crippen LogP contribution in [0.25, 0.3) is 0 Å². The Labute approximate surface area is 124 Å². The number of aliphatic hydroxyl groups excluding tert-OH is 1. The molecule has 1 fully saturated rings. The summed E-state index contributed by atoms with van der Waals surface area (Å²) < 4.78 is 16.2. The molecule has 116 valence electrons. The zero-order valence-corrected chi connectivity index (χ0v) is 12.3. The molecular weight excluding hydrogens is 272 g/mol. The van der Waals surface area contributed by atoms with E-state index in [-0.39, 0.29) is 19.3 Å². The number of hydrogen-bond acceptors (Lipinski definition) is 5. The van der Waals surface area contributed by atoms with Gasteiger partial charge in [0, 0.05) is 12.8 Å². The second-order valence-electron chi connectivity index (χ2n) is 4.99. The third-order valence-electron chi connectivity index (χ3n) is 3.34. The van der Waals surface area contributed by atoms with Crippen molar-refractivity contribution in [3.8, 4) is 5.75 Å². The van der Waals surface area contributed by atoms with Gasteiger partial charge in [-0.1, -0.05) is 18.2 Å². The van der Waals surface area contributed by atoms with Crippen LogP contribution in [0.15, 0.2) is 24.3 Å². The van der Waals surface area contributed by atoms with Crippen LogP contribution in [-0.2, 0) is 20.7 Å². The van der Waals surface area contributed by atoms with Gasteiger partial charge in [-0.25, -0.2) is 4.79 Å². The number of ether oxygens (including phenoxy) is 3. The van der Waals surface area contributed by atoms with E-state index >= 15 is 0 Å². The molecule has 5 heteroatoms. The Balaban J connectivity index is 2.00. The SMILES string of the molecule is CCOC(=O)[C@@H](O)Cc1ccccc1OC1CCCCO1. The number of carbonyl (C=O) groups is 1. The second-order valence-corrected chi connectivity index (χ2v) is 4.99. The summed E-state index contributed by atoms with van der Waals surface area (Å²) in [5, 5.41) is 9.87. The van der Waals surface area contributed by atoms with Gasteiger partial charge in [-0.3, -0.25) is 0 Å². The molecule has 0 aliphatic carbocycles. The summed E-state index contributed by atoms with van der Waals surface area (Å²) >= 11 is 0. The minimum absolute atomic E-state index is 0.168. The van der Waals surface area contributed by atoms with Gasteiger partial charge in [-0.15, -0.1) is 0 Å². The van der Waals surface area contributed by atoms with E-state index in [9.17, 15) is 9.90 Å². The molecule has 1 N–H and O–H groups in total. The summed E-state index contributed by atoms with van der Waals surface area (Å²) in [6, 6.07) is 7.37. The maximum atomic E-state index is 11.5. The predicted molar refractivity (Wildman–Crippen MR) is 77.0 cm³/mol. The minimum Gasteiger partial charge on any atom is -0.465 e. The van der Waals surface area contributed by atoms with Crippen LogP contribution in [0, 0.1) is 0 Å². The number of rotatable bonds is 6. The number of para-hydroxylation sites is 1. The molecule has 0 amide bonds. The summed E-state index contributed by atoms with van der Waals surface area (Å²) in [5.74, 6) is 0.0361. The normalized spacial score (nSPS) is 19.8. The number of carbonyl (C=O) groups excluding carboxylic acids is 1. The van der Waals surface area contributed by atoms with Crippen molar-refractivity contribution in [2.45, 2.75) is 45.0 Å². The molecule has 0 spiro atoms. The van der Waals surface area contributed by atoms with Crippen molar-refractivity contribution in [3.05, 3.63) is 29.8 Å². The van der Waals surface area contributed by atoms with Gasteiger partial charge in [0.05, 0.1) is 13.2 Å². The standard InChI is InChI=1S/C16H22O5/c1-2-19-16(18)13(17)11-12-7-3-4-8-14(12)21-15-9-5-6-10-20-15/h3-4,7-8,13,15,17H,2,5-6,9-11H2,1H3/t13-,15?/m0/s1. The molecule has 5 nitrogen and oxygen atoms in total. The fourth-order valence-corrected chi connectivity index (χ4v) is 2.26. The topological polar surface area (TPSA) is 65.0 Å². The number of aliphatic hydroxyl groups is 1. The molecule has 0 radical (unpaired) electrons. The summed E-state index contributed by atoms with van der Waals surface area (Å²) in [7, 11) is 0. The zero-order valence-electron chi connectivity index (χ0n) is 12.3. The van der Waals surface area contributed by atoms with Crippen molar-refractivity contribution in [1.82, 2.24) is 0 Å². The highest BCUT2D eigenvalue weighted by atomic mass is 16.7. The van der Waals surface area contributed by atoms with Crippen molar-refractivity contribution < 1.29 is 24.1 Å². The number of esters is 1. The van der Waals surface area contributed by atoms with Crippen LogP contribution >= 0.6 is 0 Å². The maximum absolute atomic E-state index is 11.5. The third kappa shape index (κ3) is 4.72. The van der Waals surface area contributed by atoms with Crippen LogP contribution in [0.1, 0.15) is 31.7 Å². The molecule has 0 saturated carbocycles. The first kappa shape index (κ1) is 15.8. The van der Waals surface area contributed by atoms with Gasteiger partial charge >= 0.3 is 5.97 Å². The molecule has 0 bridgehead atoms. The Morgan fingerprint density at radius 3 is 2.95 bits per heavy atom. The highest BCUT2D eigenvalue weighted by molar-refractivity contribution is 5.74. The molecule has 1 aliphatic rings. The van der Waals surface area contributed by atoms with Crippen LogP contribution in [0.3, 0.4) is 0 Å². The average molecular weight is 294 g/mol. The summed E-state index contributed by atoms with van der Waals surface area (Å²) in [6.07, 6.45) is 1.74. The highest BCUT2D eigenvalue weighted by Gasteiger charge is 2.21. The zero-order chi connectivity index (χ0) is 15.1. The molecule has 1 aromatic carbocycles. The fourth-order valence-electron chi connectivity index (χ4n) is 2.26. The van der Waals surface area contributed by atoms with Gasteiger partial charge in [-0.2, -0.15) is 0 Å². The van der Waals surface area contributed by atoms with Gasteiger partial charge in [0.2, 0.25) is 0 Å². The predicted octanol–water partition coefficient (Wildman–Crippen LogP) is 2.06. The molecular formula is C16H22O5. The molecule has 0 aromatic heterocycles. The fraction of sp³-hybridized carbons (Fsp3) is 0.562. The van der Waals surface area contributed by atoms with Crippen LogP contribution in [0.4, 0.5) is 0 Å². The van der Waals surface area contributed by atoms with E-state index in [1.165, 1.54) is 0 Å². The lowest BCUT2D eigenvalue weighted by Crippen LogP contribution is -2.27. The van der Waals surface area contributed by atoms with Gasteiger partial charge < -0.3 is 19.3 Å². The third-order valence-corrected chi connectivity index (χ3v) is 3.34. The summed E-state index contributed by atoms with van der Waals surface area (Å²) in [6.45, 7) is 2.67. The molecule has 1 heterocycles. The van der Waals surface area contributed by atoms with Crippen LogP contribution in [0.5, 0.6) is 5.75 Å². The lowest BCUT2D eigenvalue weighted by molar-refractivity contribution is -0.152. The molecule has 2 atom stereocenters. The van der Waals surface area contributed by atoms with E-state index in [1.54, 1.807) is 6.92 Å². The van der Waals surface area contributed by atoms with E-state index in [0.717, 1.165) is 24.8 Å². The van der Waals surface area contributed by atoms with E-state index in [4.69, 9.17) is 14.2 Å². The molecule has 2 rings (SSSR count). The second kappa shape index (κ2) is 8.00. The lowest BCUT2D eigenvalue weighted by Gasteiger charge is -2.24. The number of benzene rings is 1. The molecule has 1 unspecified atom stereocenters. The smallest absolute Gasteiger partial charge is 0.335 e.